The van der Waals surface area contributed by atoms with Gasteiger partial charge in [0.25, 0.3) is 0 Å². The van der Waals surface area contributed by atoms with Crippen molar-refractivity contribution >= 4 is 5.91 Å². The first-order chi connectivity index (χ1) is 17.2. The zero-order valence-electron chi connectivity index (χ0n) is 19.5. The van der Waals surface area contributed by atoms with Gasteiger partial charge in [-0.25, -0.2) is 4.68 Å². The normalized spacial score (nSPS) is 16.1. The Kier molecular flexibility index (Phi) is 5.70. The number of ether oxygens (including phenoxy) is 2. The lowest BCUT2D eigenvalue weighted by Crippen LogP contribution is -2.38. The lowest BCUT2D eigenvalue weighted by atomic mass is 9.83. The number of hydrogen-bond acceptors (Lipinski definition) is 4. The van der Waals surface area contributed by atoms with Gasteiger partial charge in [0.15, 0.2) is 11.5 Å². The summed E-state index contributed by atoms with van der Waals surface area (Å²) >= 11 is 0. The lowest BCUT2D eigenvalue weighted by molar-refractivity contribution is -0.137. The van der Waals surface area contributed by atoms with Crippen molar-refractivity contribution in [3.05, 3.63) is 107 Å². The van der Waals surface area contributed by atoms with E-state index in [1.54, 1.807) is 6.20 Å². The molecule has 3 aromatic carbocycles. The summed E-state index contributed by atoms with van der Waals surface area (Å²) < 4.78 is 13.0. The third kappa shape index (κ3) is 4.39. The van der Waals surface area contributed by atoms with E-state index >= 15 is 0 Å². The first kappa shape index (κ1) is 21.5. The molecule has 0 N–H and O–H groups in total. The van der Waals surface area contributed by atoms with Crippen LogP contribution in [-0.2, 0) is 30.7 Å². The summed E-state index contributed by atoms with van der Waals surface area (Å²) in [4.78, 5) is 15.9. The molecule has 1 aliphatic heterocycles. The molecule has 0 saturated carbocycles. The van der Waals surface area contributed by atoms with Crippen LogP contribution < -0.4 is 9.47 Å². The van der Waals surface area contributed by atoms with E-state index in [1.165, 1.54) is 11.1 Å². The van der Waals surface area contributed by atoms with Crippen molar-refractivity contribution in [1.29, 1.82) is 0 Å². The molecule has 1 amide bonds. The molecule has 1 aromatic heterocycles. The van der Waals surface area contributed by atoms with E-state index in [-0.39, 0.29) is 18.6 Å². The fourth-order valence-electron chi connectivity index (χ4n) is 5.09. The monoisotopic (exact) mass is 465 g/mol. The minimum atomic E-state index is -0.0352. The number of carbonyl (C=O) groups is 1. The molecular weight excluding hydrogens is 438 g/mol. The van der Waals surface area contributed by atoms with Gasteiger partial charge < -0.3 is 14.4 Å². The zero-order chi connectivity index (χ0) is 23.6. The van der Waals surface area contributed by atoms with Crippen LogP contribution in [0.5, 0.6) is 11.5 Å². The van der Waals surface area contributed by atoms with Crippen LogP contribution in [-0.4, -0.2) is 27.4 Å². The van der Waals surface area contributed by atoms with Crippen molar-refractivity contribution in [2.24, 2.45) is 5.92 Å². The van der Waals surface area contributed by atoms with Crippen LogP contribution in [0.2, 0.25) is 0 Å². The van der Waals surface area contributed by atoms with Crippen molar-refractivity contribution in [2.45, 2.75) is 32.4 Å². The lowest BCUT2D eigenvalue weighted by Gasteiger charge is -2.30. The van der Waals surface area contributed by atoms with E-state index in [2.05, 4.69) is 29.4 Å². The Bertz CT molecular complexity index is 1350. The minimum Gasteiger partial charge on any atom is -0.454 e. The standard InChI is InChI=1S/C29H27N3O3/c33-29(24-12-11-22-6-4-5-7-23(22)17-24)31(18-21-10-13-27-28(16-21)35-20-34-27)19-26-14-15-30-32(26)25-8-2-1-3-9-25/h1-10,13-16,24H,11-12,17-20H2. The van der Waals surface area contributed by atoms with Gasteiger partial charge in [-0.05, 0) is 66.3 Å². The Labute approximate surface area is 204 Å². The van der Waals surface area contributed by atoms with Gasteiger partial charge in [0.1, 0.15) is 0 Å². The summed E-state index contributed by atoms with van der Waals surface area (Å²) in [5.41, 5.74) is 5.62. The molecule has 0 radical (unpaired) electrons. The number of nitrogens with zero attached hydrogens (tertiary/aromatic N) is 3. The number of rotatable bonds is 6. The molecule has 6 nitrogen and oxygen atoms in total. The molecule has 35 heavy (non-hydrogen) atoms. The smallest absolute Gasteiger partial charge is 0.231 e. The highest BCUT2D eigenvalue weighted by atomic mass is 16.7. The molecule has 1 unspecified atom stereocenters. The average molecular weight is 466 g/mol. The molecule has 6 rings (SSSR count). The highest BCUT2D eigenvalue weighted by Crippen LogP contribution is 2.34. The molecule has 4 aromatic rings. The number of fused-ring (bicyclic) bond motifs is 2. The van der Waals surface area contributed by atoms with Gasteiger partial charge in [0.2, 0.25) is 12.7 Å². The molecule has 0 fully saturated rings. The second kappa shape index (κ2) is 9.29. The van der Waals surface area contributed by atoms with Gasteiger partial charge in [-0.2, -0.15) is 5.10 Å². The summed E-state index contributed by atoms with van der Waals surface area (Å²) in [6, 6.07) is 26.4. The maximum atomic E-state index is 14.0. The van der Waals surface area contributed by atoms with Crippen molar-refractivity contribution < 1.29 is 14.3 Å². The predicted molar refractivity (Wildman–Crippen MR) is 132 cm³/mol. The minimum absolute atomic E-state index is 0.0352. The van der Waals surface area contributed by atoms with Crippen LogP contribution in [0.3, 0.4) is 0 Å². The molecule has 2 aliphatic rings. The predicted octanol–water partition coefficient (Wildman–Crippen LogP) is 4.93. The number of amides is 1. The largest absolute Gasteiger partial charge is 0.454 e. The van der Waals surface area contributed by atoms with Gasteiger partial charge >= 0.3 is 0 Å². The van der Waals surface area contributed by atoms with Crippen molar-refractivity contribution in [2.75, 3.05) is 6.79 Å². The molecule has 1 aliphatic carbocycles. The van der Waals surface area contributed by atoms with Crippen molar-refractivity contribution in [1.82, 2.24) is 14.7 Å². The highest BCUT2D eigenvalue weighted by molar-refractivity contribution is 5.79. The van der Waals surface area contributed by atoms with Gasteiger partial charge in [0, 0.05) is 18.7 Å². The maximum absolute atomic E-state index is 14.0. The van der Waals surface area contributed by atoms with E-state index in [1.807, 2.05) is 64.2 Å². The number of hydrogen-bond donors (Lipinski definition) is 0. The molecule has 0 spiro atoms. The summed E-state index contributed by atoms with van der Waals surface area (Å²) in [6.07, 6.45) is 4.38. The molecule has 6 heteroatoms. The molecule has 2 heterocycles. The van der Waals surface area contributed by atoms with E-state index in [4.69, 9.17) is 9.47 Å². The van der Waals surface area contributed by atoms with E-state index in [0.717, 1.165) is 47.7 Å². The van der Waals surface area contributed by atoms with E-state index in [0.29, 0.717) is 13.1 Å². The third-order valence-corrected chi connectivity index (χ3v) is 6.89. The Morgan fingerprint density at radius 2 is 1.71 bits per heavy atom. The molecular formula is C29H27N3O3. The molecule has 0 saturated heterocycles. The second-order valence-electron chi connectivity index (χ2n) is 9.16. The number of benzene rings is 3. The van der Waals surface area contributed by atoms with Crippen molar-refractivity contribution in [3.8, 4) is 17.2 Å². The topological polar surface area (TPSA) is 56.6 Å². The van der Waals surface area contributed by atoms with Crippen LogP contribution in [0.1, 0.15) is 28.8 Å². The van der Waals surface area contributed by atoms with E-state index < -0.39 is 0 Å². The summed E-state index contributed by atoms with van der Waals surface area (Å²) in [7, 11) is 0. The Morgan fingerprint density at radius 3 is 2.60 bits per heavy atom. The highest BCUT2D eigenvalue weighted by Gasteiger charge is 2.29. The Morgan fingerprint density at radius 1 is 0.914 bits per heavy atom. The Balaban J connectivity index is 1.29. The van der Waals surface area contributed by atoms with Crippen LogP contribution >= 0.6 is 0 Å². The first-order valence-corrected chi connectivity index (χ1v) is 12.1. The SMILES string of the molecule is O=C(C1CCc2ccccc2C1)N(Cc1ccc2c(c1)OCO2)Cc1ccnn1-c1ccccc1. The van der Waals surface area contributed by atoms with Crippen LogP contribution in [0, 0.1) is 5.92 Å². The second-order valence-corrected chi connectivity index (χ2v) is 9.16. The van der Waals surface area contributed by atoms with E-state index in [9.17, 15) is 4.79 Å². The molecule has 1 atom stereocenters. The van der Waals surface area contributed by atoms with Gasteiger partial charge in [-0.15, -0.1) is 0 Å². The van der Waals surface area contributed by atoms with Crippen LogP contribution in [0.15, 0.2) is 85.1 Å². The van der Waals surface area contributed by atoms with Gasteiger partial charge in [-0.1, -0.05) is 48.5 Å². The fraction of sp³-hybridized carbons (Fsp3) is 0.241. The fourth-order valence-corrected chi connectivity index (χ4v) is 5.09. The first-order valence-electron chi connectivity index (χ1n) is 12.1. The van der Waals surface area contributed by atoms with Gasteiger partial charge in [-0.3, -0.25) is 4.79 Å². The maximum Gasteiger partial charge on any atom is 0.231 e. The number of aryl methyl sites for hydroxylation is 1. The summed E-state index contributed by atoms with van der Waals surface area (Å²) in [6.45, 7) is 1.20. The third-order valence-electron chi connectivity index (χ3n) is 6.89. The molecule has 176 valence electrons. The Hall–Kier alpha value is -4.06. The zero-order valence-corrected chi connectivity index (χ0v) is 19.5. The van der Waals surface area contributed by atoms with Crippen LogP contribution in [0.25, 0.3) is 5.69 Å². The van der Waals surface area contributed by atoms with Gasteiger partial charge in [0.05, 0.1) is 17.9 Å². The number of para-hydroxylation sites is 1. The van der Waals surface area contributed by atoms with Crippen LogP contribution in [0.4, 0.5) is 0 Å². The van der Waals surface area contributed by atoms with Crippen molar-refractivity contribution in [3.63, 3.8) is 0 Å². The number of carbonyl (C=O) groups excluding carboxylic acids is 1. The number of aromatic nitrogens is 2. The summed E-state index contributed by atoms with van der Waals surface area (Å²) in [5.74, 6) is 1.62. The molecule has 0 bridgehead atoms. The average Bonchev–Trinajstić information content (AvgIpc) is 3.57. The summed E-state index contributed by atoms with van der Waals surface area (Å²) in [5, 5.41) is 4.54. The quantitative estimate of drug-likeness (QED) is 0.405.